The Morgan fingerprint density at radius 2 is 2.25 bits per heavy atom. The highest BCUT2D eigenvalue weighted by Gasteiger charge is 2.35. The predicted molar refractivity (Wildman–Crippen MR) is 82.9 cm³/mol. The second-order valence-electron chi connectivity index (χ2n) is 5.81. The number of rotatable bonds is 2. The molecule has 108 valence electrons. The van der Waals surface area contributed by atoms with Crippen molar-refractivity contribution in [3.63, 3.8) is 0 Å². The second-order valence-corrected chi connectivity index (χ2v) is 6.87. The van der Waals surface area contributed by atoms with Crippen LogP contribution in [0.15, 0.2) is 29.2 Å². The fourth-order valence-corrected chi connectivity index (χ4v) is 4.49. The molecule has 0 saturated carbocycles. The van der Waals surface area contributed by atoms with E-state index in [2.05, 4.69) is 19.1 Å². The van der Waals surface area contributed by atoms with Gasteiger partial charge in [-0.3, -0.25) is 4.79 Å². The molecule has 0 radical (unpaired) electrons. The van der Waals surface area contributed by atoms with Crippen LogP contribution in [0.4, 0.5) is 0 Å². The van der Waals surface area contributed by atoms with Crippen LogP contribution >= 0.6 is 11.8 Å². The lowest BCUT2D eigenvalue weighted by molar-refractivity contribution is -0.134. The van der Waals surface area contributed by atoms with Crippen LogP contribution in [-0.2, 0) is 4.79 Å². The Morgan fingerprint density at radius 3 is 3.05 bits per heavy atom. The van der Waals surface area contributed by atoms with Crippen molar-refractivity contribution >= 4 is 17.7 Å². The molecule has 2 aliphatic heterocycles. The largest absolute Gasteiger partial charge is 0.342 e. The van der Waals surface area contributed by atoms with E-state index < -0.39 is 0 Å². The van der Waals surface area contributed by atoms with E-state index in [1.807, 2.05) is 17.0 Å². The molecule has 1 aromatic rings. The second kappa shape index (κ2) is 5.78. The topological polar surface area (TPSA) is 46.3 Å². The van der Waals surface area contributed by atoms with E-state index in [0.29, 0.717) is 11.8 Å². The van der Waals surface area contributed by atoms with Gasteiger partial charge in [-0.05, 0) is 24.0 Å². The summed E-state index contributed by atoms with van der Waals surface area (Å²) in [6.45, 7) is 3.82. The molecule has 0 aliphatic carbocycles. The first kappa shape index (κ1) is 14.0. The Hall–Kier alpha value is -1.00. The van der Waals surface area contributed by atoms with Crippen LogP contribution in [0.1, 0.15) is 31.2 Å². The van der Waals surface area contributed by atoms with Crippen molar-refractivity contribution in [2.45, 2.75) is 36.6 Å². The molecule has 3 nitrogen and oxygen atoms in total. The Labute approximate surface area is 124 Å². The molecule has 0 bridgehead atoms. The van der Waals surface area contributed by atoms with Gasteiger partial charge in [0.15, 0.2) is 0 Å². The van der Waals surface area contributed by atoms with Gasteiger partial charge in [0.05, 0.1) is 5.92 Å². The van der Waals surface area contributed by atoms with Gasteiger partial charge in [-0.15, -0.1) is 11.8 Å². The minimum absolute atomic E-state index is 0.0445. The van der Waals surface area contributed by atoms with Crippen molar-refractivity contribution in [3.05, 3.63) is 29.8 Å². The number of benzene rings is 1. The van der Waals surface area contributed by atoms with Crippen LogP contribution < -0.4 is 5.73 Å². The van der Waals surface area contributed by atoms with Gasteiger partial charge in [0.25, 0.3) is 0 Å². The van der Waals surface area contributed by atoms with Crippen LogP contribution in [-0.4, -0.2) is 35.7 Å². The summed E-state index contributed by atoms with van der Waals surface area (Å²) >= 11 is 1.80. The van der Waals surface area contributed by atoms with E-state index in [0.717, 1.165) is 31.7 Å². The summed E-state index contributed by atoms with van der Waals surface area (Å²) in [6.07, 6.45) is 1.99. The molecule has 3 atom stereocenters. The van der Waals surface area contributed by atoms with Crippen molar-refractivity contribution in [1.82, 2.24) is 4.90 Å². The molecule has 1 fully saturated rings. The van der Waals surface area contributed by atoms with Crippen molar-refractivity contribution in [2.24, 2.45) is 11.7 Å². The van der Waals surface area contributed by atoms with Gasteiger partial charge in [-0.1, -0.05) is 31.5 Å². The Morgan fingerprint density at radius 1 is 1.45 bits per heavy atom. The molecule has 1 aromatic carbocycles. The lowest BCUT2D eigenvalue weighted by Gasteiger charge is -2.37. The third-order valence-corrected chi connectivity index (χ3v) is 5.81. The molecule has 0 aromatic heterocycles. The van der Waals surface area contributed by atoms with E-state index >= 15 is 0 Å². The molecule has 3 unspecified atom stereocenters. The normalized spacial score (nSPS) is 29.3. The van der Waals surface area contributed by atoms with E-state index in [-0.39, 0.29) is 12.0 Å². The number of thioether (sulfide) groups is 1. The first-order valence-corrected chi connectivity index (χ1v) is 8.45. The molecule has 2 aliphatic rings. The first-order valence-electron chi connectivity index (χ1n) is 7.46. The molecule has 2 heterocycles. The minimum atomic E-state index is 0.0445. The van der Waals surface area contributed by atoms with Crippen molar-refractivity contribution < 1.29 is 4.79 Å². The van der Waals surface area contributed by atoms with Gasteiger partial charge in [0.1, 0.15) is 0 Å². The monoisotopic (exact) mass is 290 g/mol. The molecule has 0 spiro atoms. The first-order chi connectivity index (χ1) is 9.70. The molecular formula is C16H22N2OS. The van der Waals surface area contributed by atoms with Gasteiger partial charge in [-0.25, -0.2) is 0 Å². The van der Waals surface area contributed by atoms with Crippen molar-refractivity contribution in [1.29, 1.82) is 0 Å². The third kappa shape index (κ3) is 2.47. The number of carbonyl (C=O) groups excluding carboxylic acids is 1. The molecule has 1 amide bonds. The number of nitrogens with zero attached hydrogens (tertiary/aromatic N) is 1. The summed E-state index contributed by atoms with van der Waals surface area (Å²) < 4.78 is 0. The van der Waals surface area contributed by atoms with Crippen molar-refractivity contribution in [2.75, 3.05) is 18.8 Å². The highest BCUT2D eigenvalue weighted by molar-refractivity contribution is 7.99. The third-order valence-electron chi connectivity index (χ3n) is 4.63. The summed E-state index contributed by atoms with van der Waals surface area (Å²) in [6, 6.07) is 8.56. The fraction of sp³-hybridized carbons (Fsp3) is 0.562. The number of hydrogen-bond donors (Lipinski definition) is 1. The molecule has 2 N–H and O–H groups in total. The van der Waals surface area contributed by atoms with Gasteiger partial charge in [0.2, 0.25) is 5.91 Å². The maximum absolute atomic E-state index is 12.8. The van der Waals surface area contributed by atoms with Crippen LogP contribution in [0.25, 0.3) is 0 Å². The van der Waals surface area contributed by atoms with Crippen LogP contribution in [0, 0.1) is 5.92 Å². The zero-order valence-electron chi connectivity index (χ0n) is 11.9. The Bertz CT molecular complexity index is 505. The van der Waals surface area contributed by atoms with E-state index in [1.165, 1.54) is 10.5 Å². The number of amides is 1. The van der Waals surface area contributed by atoms with Crippen LogP contribution in [0.5, 0.6) is 0 Å². The number of likely N-dealkylation sites (tertiary alicyclic amines) is 1. The maximum Gasteiger partial charge on any atom is 0.231 e. The number of nitrogens with two attached hydrogens (primary N) is 1. The zero-order chi connectivity index (χ0) is 14.1. The van der Waals surface area contributed by atoms with E-state index in [9.17, 15) is 4.79 Å². The summed E-state index contributed by atoms with van der Waals surface area (Å²) in [5.74, 6) is 1.69. The predicted octanol–water partition coefficient (Wildman–Crippen LogP) is 2.46. The minimum Gasteiger partial charge on any atom is -0.342 e. The molecule has 1 saturated heterocycles. The van der Waals surface area contributed by atoms with Crippen molar-refractivity contribution in [3.8, 4) is 0 Å². The SMILES string of the molecule is CCC1CN(C(=O)C2CSc3ccccc32)CCC1N. The number of carbonyl (C=O) groups is 1. The van der Waals surface area contributed by atoms with E-state index in [1.54, 1.807) is 11.8 Å². The highest BCUT2D eigenvalue weighted by Crippen LogP contribution is 2.40. The lowest BCUT2D eigenvalue weighted by Crippen LogP contribution is -2.50. The smallest absolute Gasteiger partial charge is 0.231 e. The molecule has 4 heteroatoms. The number of piperidine rings is 1. The maximum atomic E-state index is 12.8. The fourth-order valence-electron chi connectivity index (χ4n) is 3.27. The Kier molecular flexibility index (Phi) is 4.03. The summed E-state index contributed by atoms with van der Waals surface area (Å²) in [4.78, 5) is 16.1. The molecule has 20 heavy (non-hydrogen) atoms. The average molecular weight is 290 g/mol. The van der Waals surface area contributed by atoms with Crippen LogP contribution in [0.3, 0.4) is 0 Å². The van der Waals surface area contributed by atoms with Gasteiger partial charge in [0, 0.05) is 29.8 Å². The molecule has 3 rings (SSSR count). The van der Waals surface area contributed by atoms with Gasteiger partial charge in [-0.2, -0.15) is 0 Å². The average Bonchev–Trinajstić information content (AvgIpc) is 2.91. The zero-order valence-corrected chi connectivity index (χ0v) is 12.7. The van der Waals surface area contributed by atoms with Gasteiger partial charge < -0.3 is 10.6 Å². The lowest BCUT2D eigenvalue weighted by atomic mass is 9.89. The highest BCUT2D eigenvalue weighted by atomic mass is 32.2. The van der Waals surface area contributed by atoms with E-state index in [4.69, 9.17) is 5.73 Å². The summed E-state index contributed by atoms with van der Waals surface area (Å²) in [5.41, 5.74) is 7.35. The van der Waals surface area contributed by atoms with Gasteiger partial charge >= 0.3 is 0 Å². The Balaban J connectivity index is 1.74. The summed E-state index contributed by atoms with van der Waals surface area (Å²) in [5, 5.41) is 0. The number of fused-ring (bicyclic) bond motifs is 1. The number of hydrogen-bond acceptors (Lipinski definition) is 3. The quantitative estimate of drug-likeness (QED) is 0.910. The summed E-state index contributed by atoms with van der Waals surface area (Å²) in [7, 11) is 0. The van der Waals surface area contributed by atoms with Crippen LogP contribution in [0.2, 0.25) is 0 Å². The standard InChI is InChI=1S/C16H22N2OS/c1-2-11-9-18(8-7-14(11)17)16(19)13-10-20-15-6-4-3-5-12(13)15/h3-6,11,13-14H,2,7-10,17H2,1H3. The molecular weight excluding hydrogens is 268 g/mol.